The number of benzene rings is 1. The van der Waals surface area contributed by atoms with Gasteiger partial charge in [-0.15, -0.1) is 0 Å². The Bertz CT molecular complexity index is 797. The molecule has 1 aromatic carbocycles. The van der Waals surface area contributed by atoms with Crippen LogP contribution in [-0.4, -0.2) is 21.7 Å². The van der Waals surface area contributed by atoms with Gasteiger partial charge in [0, 0.05) is 19.3 Å². The molecule has 2 heterocycles. The second-order valence-electron chi connectivity index (χ2n) is 5.86. The number of fused-ring (bicyclic) bond motifs is 1. The lowest BCUT2D eigenvalue weighted by Crippen LogP contribution is -2.33. The minimum atomic E-state index is -0.311. The molecule has 0 saturated carbocycles. The summed E-state index contributed by atoms with van der Waals surface area (Å²) in [4.78, 5) is 30.1. The van der Waals surface area contributed by atoms with E-state index in [1.54, 1.807) is 23.4 Å². The number of amides is 2. The Hall–Kier alpha value is -2.95. The van der Waals surface area contributed by atoms with E-state index < -0.39 is 0 Å². The Morgan fingerprint density at radius 3 is 2.71 bits per heavy atom. The highest BCUT2D eigenvalue weighted by Gasteiger charge is 2.28. The van der Waals surface area contributed by atoms with E-state index in [0.29, 0.717) is 5.82 Å². The SMILES string of the molecule is CC(=O)N1C=Cc2ccccc2[C@@H]1CC(=O)Nc1ccc(C)cn1. The van der Waals surface area contributed by atoms with Gasteiger partial charge in [-0.3, -0.25) is 9.59 Å². The van der Waals surface area contributed by atoms with Crippen molar-refractivity contribution in [3.8, 4) is 0 Å². The summed E-state index contributed by atoms with van der Waals surface area (Å²) in [6.45, 7) is 3.44. The van der Waals surface area contributed by atoms with E-state index in [4.69, 9.17) is 0 Å². The van der Waals surface area contributed by atoms with Crippen molar-refractivity contribution in [2.75, 3.05) is 5.32 Å². The van der Waals surface area contributed by atoms with Gasteiger partial charge in [0.05, 0.1) is 12.5 Å². The van der Waals surface area contributed by atoms with Crippen LogP contribution in [0, 0.1) is 6.92 Å². The van der Waals surface area contributed by atoms with Crippen molar-refractivity contribution in [3.05, 3.63) is 65.5 Å². The molecular formula is C19H19N3O2. The fourth-order valence-corrected chi connectivity index (χ4v) is 2.82. The van der Waals surface area contributed by atoms with Gasteiger partial charge in [0.2, 0.25) is 11.8 Å². The van der Waals surface area contributed by atoms with Gasteiger partial charge in [0.15, 0.2) is 0 Å². The highest BCUT2D eigenvalue weighted by Crippen LogP contribution is 2.32. The number of nitrogens with zero attached hydrogens (tertiary/aromatic N) is 2. The minimum absolute atomic E-state index is 0.0907. The van der Waals surface area contributed by atoms with Gasteiger partial charge >= 0.3 is 0 Å². The van der Waals surface area contributed by atoms with Crippen molar-refractivity contribution < 1.29 is 9.59 Å². The summed E-state index contributed by atoms with van der Waals surface area (Å²) in [5.41, 5.74) is 3.03. The van der Waals surface area contributed by atoms with Crippen molar-refractivity contribution in [1.29, 1.82) is 0 Å². The first-order valence-electron chi connectivity index (χ1n) is 7.83. The van der Waals surface area contributed by atoms with Crippen molar-refractivity contribution in [1.82, 2.24) is 9.88 Å². The molecule has 2 aromatic rings. The molecule has 0 fully saturated rings. The molecule has 1 atom stereocenters. The molecule has 1 aliphatic rings. The molecule has 24 heavy (non-hydrogen) atoms. The predicted octanol–water partition coefficient (Wildman–Crippen LogP) is 3.29. The smallest absolute Gasteiger partial charge is 0.227 e. The molecule has 0 unspecified atom stereocenters. The average molecular weight is 321 g/mol. The molecule has 1 N–H and O–H groups in total. The Labute approximate surface area is 141 Å². The van der Waals surface area contributed by atoms with Crippen LogP contribution in [0.3, 0.4) is 0 Å². The van der Waals surface area contributed by atoms with E-state index in [2.05, 4.69) is 10.3 Å². The van der Waals surface area contributed by atoms with Crippen molar-refractivity contribution >= 4 is 23.7 Å². The molecular weight excluding hydrogens is 302 g/mol. The van der Waals surface area contributed by atoms with Gasteiger partial charge < -0.3 is 10.2 Å². The lowest BCUT2D eigenvalue weighted by Gasteiger charge is -2.32. The lowest BCUT2D eigenvalue weighted by atomic mass is 9.93. The monoisotopic (exact) mass is 321 g/mol. The molecule has 122 valence electrons. The first-order valence-corrected chi connectivity index (χ1v) is 7.83. The number of aryl methyl sites for hydroxylation is 1. The van der Waals surface area contributed by atoms with E-state index in [1.165, 1.54) is 6.92 Å². The zero-order valence-corrected chi connectivity index (χ0v) is 13.7. The number of pyridine rings is 1. The summed E-state index contributed by atoms with van der Waals surface area (Å²) in [5.74, 6) is 0.249. The lowest BCUT2D eigenvalue weighted by molar-refractivity contribution is -0.129. The summed E-state index contributed by atoms with van der Waals surface area (Å²) in [5, 5.41) is 2.79. The fourth-order valence-electron chi connectivity index (χ4n) is 2.82. The number of carbonyl (C=O) groups is 2. The van der Waals surface area contributed by atoms with Crippen LogP contribution in [0.4, 0.5) is 5.82 Å². The molecule has 0 radical (unpaired) electrons. The normalized spacial score (nSPS) is 15.8. The van der Waals surface area contributed by atoms with Crippen molar-refractivity contribution in [2.45, 2.75) is 26.3 Å². The number of hydrogen-bond donors (Lipinski definition) is 1. The van der Waals surface area contributed by atoms with E-state index in [-0.39, 0.29) is 24.3 Å². The van der Waals surface area contributed by atoms with Crippen molar-refractivity contribution in [3.63, 3.8) is 0 Å². The Balaban J connectivity index is 1.80. The molecule has 1 aromatic heterocycles. The maximum Gasteiger partial charge on any atom is 0.227 e. The van der Waals surface area contributed by atoms with E-state index in [0.717, 1.165) is 16.7 Å². The molecule has 2 amide bonds. The van der Waals surface area contributed by atoms with Crippen molar-refractivity contribution in [2.24, 2.45) is 0 Å². The van der Waals surface area contributed by atoms with Crippen LogP contribution in [0.15, 0.2) is 48.8 Å². The molecule has 0 spiro atoms. The number of anilines is 1. The number of rotatable bonds is 3. The maximum absolute atomic E-state index is 12.4. The third-order valence-corrected chi connectivity index (χ3v) is 4.03. The highest BCUT2D eigenvalue weighted by atomic mass is 16.2. The molecule has 0 saturated heterocycles. The zero-order valence-electron chi connectivity index (χ0n) is 13.7. The predicted molar refractivity (Wildman–Crippen MR) is 93.0 cm³/mol. The molecule has 3 rings (SSSR count). The maximum atomic E-state index is 12.4. The first kappa shape index (κ1) is 15.9. The molecule has 1 aliphatic heterocycles. The third-order valence-electron chi connectivity index (χ3n) is 4.03. The summed E-state index contributed by atoms with van der Waals surface area (Å²) < 4.78 is 0. The van der Waals surface area contributed by atoms with Gasteiger partial charge in [-0.1, -0.05) is 30.3 Å². The summed E-state index contributed by atoms with van der Waals surface area (Å²) >= 11 is 0. The van der Waals surface area contributed by atoms with Crippen LogP contribution < -0.4 is 5.32 Å². The Kier molecular flexibility index (Phi) is 4.42. The number of carbonyl (C=O) groups excluding carboxylic acids is 2. The summed E-state index contributed by atoms with van der Waals surface area (Å²) in [7, 11) is 0. The summed E-state index contributed by atoms with van der Waals surface area (Å²) in [6.07, 6.45) is 5.52. The fraction of sp³-hybridized carbons (Fsp3) is 0.211. The van der Waals surface area contributed by atoms with Gasteiger partial charge in [0.25, 0.3) is 0 Å². The number of nitrogens with one attached hydrogen (secondary N) is 1. The summed E-state index contributed by atoms with van der Waals surface area (Å²) in [6, 6.07) is 11.2. The van der Waals surface area contributed by atoms with Crippen LogP contribution in [0.1, 0.15) is 36.1 Å². The number of hydrogen-bond acceptors (Lipinski definition) is 3. The molecule has 0 aliphatic carbocycles. The Morgan fingerprint density at radius 1 is 1.21 bits per heavy atom. The van der Waals surface area contributed by atoms with E-state index in [1.807, 2.05) is 43.3 Å². The Morgan fingerprint density at radius 2 is 2.00 bits per heavy atom. The van der Waals surface area contributed by atoms with Crippen LogP contribution in [0.2, 0.25) is 0 Å². The van der Waals surface area contributed by atoms with Crippen LogP contribution in [0.5, 0.6) is 0 Å². The van der Waals surface area contributed by atoms with Crippen LogP contribution in [0.25, 0.3) is 6.08 Å². The molecule has 5 nitrogen and oxygen atoms in total. The van der Waals surface area contributed by atoms with E-state index in [9.17, 15) is 9.59 Å². The number of aromatic nitrogens is 1. The van der Waals surface area contributed by atoms with Gasteiger partial charge in [-0.25, -0.2) is 4.98 Å². The van der Waals surface area contributed by atoms with Crippen LogP contribution in [-0.2, 0) is 9.59 Å². The van der Waals surface area contributed by atoms with Gasteiger partial charge in [-0.05, 0) is 35.8 Å². The van der Waals surface area contributed by atoms with Gasteiger partial charge in [0.1, 0.15) is 5.82 Å². The average Bonchev–Trinajstić information content (AvgIpc) is 2.57. The highest BCUT2D eigenvalue weighted by molar-refractivity contribution is 5.91. The quantitative estimate of drug-likeness (QED) is 0.943. The second kappa shape index (κ2) is 6.66. The largest absolute Gasteiger partial charge is 0.311 e. The van der Waals surface area contributed by atoms with E-state index >= 15 is 0 Å². The molecule has 5 heteroatoms. The van der Waals surface area contributed by atoms with Crippen LogP contribution >= 0.6 is 0 Å². The molecule has 0 bridgehead atoms. The van der Waals surface area contributed by atoms with Gasteiger partial charge in [-0.2, -0.15) is 0 Å². The first-order chi connectivity index (χ1) is 11.5. The topological polar surface area (TPSA) is 62.3 Å². The second-order valence-corrected chi connectivity index (χ2v) is 5.86. The minimum Gasteiger partial charge on any atom is -0.311 e. The third kappa shape index (κ3) is 3.35. The zero-order chi connectivity index (χ0) is 17.1. The standard InChI is InChI=1S/C19H19N3O2/c1-13-7-8-18(20-12-13)21-19(24)11-17-16-6-4-3-5-15(16)9-10-22(17)14(2)23/h3-10,12,17H,11H2,1-2H3,(H,20,21,24)/t17-/m0/s1.